The van der Waals surface area contributed by atoms with Crippen molar-refractivity contribution < 1.29 is 14.6 Å². The van der Waals surface area contributed by atoms with Crippen LogP contribution in [0.1, 0.15) is 10.4 Å². The molecule has 0 aliphatic heterocycles. The van der Waals surface area contributed by atoms with Crippen molar-refractivity contribution in [2.45, 2.75) is 4.90 Å². The van der Waals surface area contributed by atoms with Gasteiger partial charge in [0, 0.05) is 23.0 Å². The van der Waals surface area contributed by atoms with Gasteiger partial charge in [-0.1, -0.05) is 15.9 Å². The number of hydrogen-bond acceptors (Lipinski definition) is 4. The number of aliphatic hydroxyl groups excluding tert-OH is 1. The Labute approximate surface area is 120 Å². The number of thiol groups is 1. The lowest BCUT2D eigenvalue weighted by molar-refractivity contribution is 0.0616. The van der Waals surface area contributed by atoms with Crippen LogP contribution in [-0.2, 0) is 4.74 Å². The van der Waals surface area contributed by atoms with E-state index in [0.717, 1.165) is 4.47 Å². The molecular weight excluding hydrogens is 318 g/mol. The maximum atomic E-state index is 12.1. The number of benzene rings is 1. The van der Waals surface area contributed by atoms with Crippen molar-refractivity contribution in [1.82, 2.24) is 4.90 Å². The van der Waals surface area contributed by atoms with Crippen molar-refractivity contribution >= 4 is 34.5 Å². The molecule has 1 amide bonds. The van der Waals surface area contributed by atoms with Gasteiger partial charge < -0.3 is 14.7 Å². The highest BCUT2D eigenvalue weighted by Gasteiger charge is 2.14. The second kappa shape index (κ2) is 7.78. The van der Waals surface area contributed by atoms with Crippen LogP contribution in [0.5, 0.6) is 0 Å². The number of carbonyl (C=O) groups is 1. The molecule has 0 spiro atoms. The monoisotopic (exact) mass is 333 g/mol. The highest BCUT2D eigenvalue weighted by Crippen LogP contribution is 2.20. The summed E-state index contributed by atoms with van der Waals surface area (Å²) in [6, 6.07) is 5.33. The van der Waals surface area contributed by atoms with Crippen LogP contribution < -0.4 is 0 Å². The summed E-state index contributed by atoms with van der Waals surface area (Å²) in [4.78, 5) is 14.3. The SMILES string of the molecule is CN(CCOCCO)C(=O)c1ccc(Br)cc1S. The fraction of sp³-hybridized carbons (Fsp3) is 0.417. The summed E-state index contributed by atoms with van der Waals surface area (Å²) in [6.45, 7) is 1.16. The van der Waals surface area contributed by atoms with Gasteiger partial charge in [-0.3, -0.25) is 4.79 Å². The molecule has 0 aromatic heterocycles. The molecule has 1 N–H and O–H groups in total. The lowest BCUT2D eigenvalue weighted by Crippen LogP contribution is -2.30. The van der Waals surface area contributed by atoms with Gasteiger partial charge in [0.2, 0.25) is 0 Å². The molecule has 4 nitrogen and oxygen atoms in total. The Morgan fingerprint density at radius 3 is 2.83 bits per heavy atom. The van der Waals surface area contributed by atoms with Gasteiger partial charge in [0.25, 0.3) is 5.91 Å². The first kappa shape index (κ1) is 15.5. The minimum atomic E-state index is -0.0971. The Hall–Kier alpha value is -0.560. The van der Waals surface area contributed by atoms with Crippen molar-refractivity contribution in [3.8, 4) is 0 Å². The first-order valence-corrected chi connectivity index (χ1v) is 6.73. The van der Waals surface area contributed by atoms with E-state index in [2.05, 4.69) is 28.6 Å². The number of aliphatic hydroxyl groups is 1. The van der Waals surface area contributed by atoms with E-state index in [-0.39, 0.29) is 19.1 Å². The number of hydrogen-bond donors (Lipinski definition) is 2. The number of ether oxygens (including phenoxy) is 1. The first-order valence-electron chi connectivity index (χ1n) is 5.49. The van der Waals surface area contributed by atoms with E-state index in [4.69, 9.17) is 9.84 Å². The predicted molar refractivity (Wildman–Crippen MR) is 76.3 cm³/mol. The summed E-state index contributed by atoms with van der Waals surface area (Å²) in [6.07, 6.45) is 0. The number of amides is 1. The Kier molecular flexibility index (Phi) is 6.70. The van der Waals surface area contributed by atoms with Gasteiger partial charge in [0.15, 0.2) is 0 Å². The average Bonchev–Trinajstić information content (AvgIpc) is 2.33. The van der Waals surface area contributed by atoms with Crippen LogP contribution >= 0.6 is 28.6 Å². The molecule has 1 aromatic rings. The van der Waals surface area contributed by atoms with Crippen molar-refractivity contribution in [2.24, 2.45) is 0 Å². The van der Waals surface area contributed by atoms with Crippen molar-refractivity contribution in [3.63, 3.8) is 0 Å². The molecule has 6 heteroatoms. The second-order valence-corrected chi connectivity index (χ2v) is 5.12. The minimum Gasteiger partial charge on any atom is -0.394 e. The smallest absolute Gasteiger partial charge is 0.254 e. The molecule has 0 radical (unpaired) electrons. The lowest BCUT2D eigenvalue weighted by atomic mass is 10.2. The molecule has 0 saturated heterocycles. The van der Waals surface area contributed by atoms with Crippen molar-refractivity contribution in [1.29, 1.82) is 0 Å². The quantitative estimate of drug-likeness (QED) is 0.616. The topological polar surface area (TPSA) is 49.8 Å². The van der Waals surface area contributed by atoms with Gasteiger partial charge in [-0.15, -0.1) is 12.6 Å². The van der Waals surface area contributed by atoms with E-state index in [0.29, 0.717) is 23.6 Å². The van der Waals surface area contributed by atoms with E-state index >= 15 is 0 Å². The maximum absolute atomic E-state index is 12.1. The van der Waals surface area contributed by atoms with Crippen LogP contribution in [0.3, 0.4) is 0 Å². The zero-order valence-corrected chi connectivity index (χ0v) is 12.6. The van der Waals surface area contributed by atoms with Crippen LogP contribution in [-0.4, -0.2) is 49.3 Å². The Morgan fingerprint density at radius 1 is 1.50 bits per heavy atom. The van der Waals surface area contributed by atoms with Gasteiger partial charge in [-0.05, 0) is 18.2 Å². The number of carbonyl (C=O) groups excluding carboxylic acids is 1. The zero-order valence-electron chi connectivity index (χ0n) is 10.1. The maximum Gasteiger partial charge on any atom is 0.254 e. The first-order chi connectivity index (χ1) is 8.56. The molecule has 0 atom stereocenters. The molecule has 1 aromatic carbocycles. The molecule has 0 aliphatic carbocycles. The molecule has 1 rings (SSSR count). The summed E-state index contributed by atoms with van der Waals surface area (Å²) in [5.41, 5.74) is 0.561. The van der Waals surface area contributed by atoms with Gasteiger partial charge in [-0.2, -0.15) is 0 Å². The summed E-state index contributed by atoms with van der Waals surface area (Å²) in [5, 5.41) is 8.56. The molecule has 100 valence electrons. The lowest BCUT2D eigenvalue weighted by Gasteiger charge is -2.18. The summed E-state index contributed by atoms with van der Waals surface area (Å²) in [5.74, 6) is -0.0971. The molecule has 0 unspecified atom stereocenters. The third-order valence-corrected chi connectivity index (χ3v) is 3.21. The summed E-state index contributed by atoms with van der Waals surface area (Å²) in [7, 11) is 1.71. The van der Waals surface area contributed by atoms with Crippen LogP contribution in [0.2, 0.25) is 0 Å². The highest BCUT2D eigenvalue weighted by molar-refractivity contribution is 9.10. The Morgan fingerprint density at radius 2 is 2.22 bits per heavy atom. The molecule has 0 bridgehead atoms. The molecular formula is C12H16BrNO3S. The van der Waals surface area contributed by atoms with Crippen LogP contribution in [0, 0.1) is 0 Å². The van der Waals surface area contributed by atoms with Crippen LogP contribution in [0.25, 0.3) is 0 Å². The number of likely N-dealkylation sites (N-methyl/N-ethyl adjacent to an activating group) is 1. The van der Waals surface area contributed by atoms with Crippen LogP contribution in [0.15, 0.2) is 27.6 Å². The van der Waals surface area contributed by atoms with E-state index in [9.17, 15) is 4.79 Å². The molecule has 0 saturated carbocycles. The molecule has 18 heavy (non-hydrogen) atoms. The number of nitrogens with zero attached hydrogens (tertiary/aromatic N) is 1. The van der Waals surface area contributed by atoms with E-state index < -0.39 is 0 Å². The van der Waals surface area contributed by atoms with E-state index in [1.54, 1.807) is 24.1 Å². The minimum absolute atomic E-state index is 0.00877. The highest BCUT2D eigenvalue weighted by atomic mass is 79.9. The van der Waals surface area contributed by atoms with Crippen molar-refractivity contribution in [3.05, 3.63) is 28.2 Å². The third kappa shape index (κ3) is 4.61. The average molecular weight is 334 g/mol. The van der Waals surface area contributed by atoms with Gasteiger partial charge in [0.05, 0.1) is 25.4 Å². The Bertz CT molecular complexity index is 414. The summed E-state index contributed by atoms with van der Waals surface area (Å²) < 4.78 is 6.01. The fourth-order valence-corrected chi connectivity index (χ4v) is 2.21. The molecule has 0 heterocycles. The standard InChI is InChI=1S/C12H16BrNO3S/c1-14(4-6-17-7-5-15)12(16)10-3-2-9(13)8-11(10)18/h2-3,8,15,18H,4-7H2,1H3. The fourth-order valence-electron chi connectivity index (χ4n) is 1.36. The predicted octanol–water partition coefficient (Wildman–Crippen LogP) is 1.82. The van der Waals surface area contributed by atoms with Gasteiger partial charge in [-0.25, -0.2) is 0 Å². The number of halogens is 1. The largest absolute Gasteiger partial charge is 0.394 e. The third-order valence-electron chi connectivity index (χ3n) is 2.34. The second-order valence-electron chi connectivity index (χ2n) is 3.72. The molecule has 0 fully saturated rings. The van der Waals surface area contributed by atoms with Crippen LogP contribution in [0.4, 0.5) is 0 Å². The van der Waals surface area contributed by atoms with E-state index in [1.165, 1.54) is 0 Å². The summed E-state index contributed by atoms with van der Waals surface area (Å²) >= 11 is 7.61. The van der Waals surface area contributed by atoms with Crippen molar-refractivity contribution in [2.75, 3.05) is 33.4 Å². The van der Waals surface area contributed by atoms with Gasteiger partial charge >= 0.3 is 0 Å². The number of rotatable bonds is 6. The van der Waals surface area contributed by atoms with E-state index in [1.807, 2.05) is 6.07 Å². The normalized spacial score (nSPS) is 10.4. The zero-order chi connectivity index (χ0) is 13.5. The Balaban J connectivity index is 2.57. The van der Waals surface area contributed by atoms with Gasteiger partial charge in [0.1, 0.15) is 0 Å². The molecule has 0 aliphatic rings.